The van der Waals surface area contributed by atoms with Crippen LogP contribution in [0.5, 0.6) is 0 Å². The van der Waals surface area contributed by atoms with E-state index in [2.05, 4.69) is 5.32 Å². The topological polar surface area (TPSA) is 49.4 Å². The number of likely N-dealkylation sites (tertiary alicyclic amines) is 1. The van der Waals surface area contributed by atoms with Crippen LogP contribution in [0.25, 0.3) is 0 Å². The van der Waals surface area contributed by atoms with Crippen molar-refractivity contribution < 1.29 is 9.59 Å². The first kappa shape index (κ1) is 17.1. The predicted octanol–water partition coefficient (Wildman–Crippen LogP) is 2.20. The minimum atomic E-state index is 0. The minimum Gasteiger partial charge on any atom is -0.342 e. The molecule has 1 amide bonds. The van der Waals surface area contributed by atoms with Crippen LogP contribution in [0.15, 0.2) is 17.5 Å². The lowest BCUT2D eigenvalue weighted by atomic mass is 10.1. The van der Waals surface area contributed by atoms with Crippen molar-refractivity contribution in [2.75, 3.05) is 26.7 Å². The number of nitrogens with one attached hydrogen (secondary N) is 1. The fraction of sp³-hybridized carbons (Fsp3) is 0.571. The maximum absolute atomic E-state index is 12.0. The number of halogens is 1. The number of nitrogens with zero attached hydrogens (tertiary/aromatic N) is 1. The zero-order valence-corrected chi connectivity index (χ0v) is 13.3. The summed E-state index contributed by atoms with van der Waals surface area (Å²) >= 11 is 1.44. The van der Waals surface area contributed by atoms with E-state index in [0.717, 1.165) is 30.9 Å². The molecule has 1 aliphatic heterocycles. The molecule has 1 aliphatic rings. The van der Waals surface area contributed by atoms with Crippen molar-refractivity contribution >= 4 is 35.4 Å². The van der Waals surface area contributed by atoms with E-state index < -0.39 is 0 Å². The number of Topliss-reactive ketones (excluding diaryl/α,β-unsaturated/α-hetero) is 1. The summed E-state index contributed by atoms with van der Waals surface area (Å²) < 4.78 is 0. The van der Waals surface area contributed by atoms with Gasteiger partial charge in [-0.05, 0) is 37.4 Å². The number of ketones is 1. The third-order valence-corrected chi connectivity index (χ3v) is 4.40. The highest BCUT2D eigenvalue weighted by molar-refractivity contribution is 7.12. The van der Waals surface area contributed by atoms with E-state index in [0.29, 0.717) is 18.8 Å². The summed E-state index contributed by atoms with van der Waals surface area (Å²) in [7, 11) is 1.93. The van der Waals surface area contributed by atoms with Gasteiger partial charge < -0.3 is 10.2 Å². The SMILES string of the molecule is CNCC1CCN(C(=O)CCC(=O)c2cccs2)C1.Cl. The molecule has 1 saturated heterocycles. The largest absolute Gasteiger partial charge is 0.342 e. The molecule has 0 radical (unpaired) electrons. The van der Waals surface area contributed by atoms with Gasteiger partial charge in [-0.15, -0.1) is 23.7 Å². The molecule has 2 rings (SSSR count). The first-order valence-electron chi connectivity index (χ1n) is 6.69. The second-order valence-corrected chi connectivity index (χ2v) is 5.90. The van der Waals surface area contributed by atoms with Crippen LogP contribution in [0.3, 0.4) is 0 Å². The fourth-order valence-electron chi connectivity index (χ4n) is 2.45. The summed E-state index contributed by atoms with van der Waals surface area (Å²) in [6.07, 6.45) is 1.72. The minimum absolute atomic E-state index is 0. The molecule has 1 aromatic rings. The molecule has 0 spiro atoms. The Kier molecular flexibility index (Phi) is 7.19. The van der Waals surface area contributed by atoms with E-state index in [1.165, 1.54) is 11.3 Å². The van der Waals surface area contributed by atoms with Crippen molar-refractivity contribution in [2.45, 2.75) is 19.3 Å². The van der Waals surface area contributed by atoms with Crippen LogP contribution in [0, 0.1) is 5.92 Å². The Morgan fingerprint density at radius 3 is 2.90 bits per heavy atom. The number of amides is 1. The fourth-order valence-corrected chi connectivity index (χ4v) is 3.15. The number of carbonyl (C=O) groups is 2. The zero-order chi connectivity index (χ0) is 13.7. The first-order chi connectivity index (χ1) is 9.20. The predicted molar refractivity (Wildman–Crippen MR) is 83.7 cm³/mol. The van der Waals surface area contributed by atoms with E-state index in [1.807, 2.05) is 29.5 Å². The molecular formula is C14H21ClN2O2S. The van der Waals surface area contributed by atoms with Crippen molar-refractivity contribution in [1.29, 1.82) is 0 Å². The van der Waals surface area contributed by atoms with E-state index in [4.69, 9.17) is 0 Å². The second kappa shape index (κ2) is 8.39. The van der Waals surface area contributed by atoms with Crippen molar-refractivity contribution in [2.24, 2.45) is 5.92 Å². The number of thiophene rings is 1. The highest BCUT2D eigenvalue weighted by Crippen LogP contribution is 2.18. The average molecular weight is 317 g/mol. The molecule has 4 nitrogen and oxygen atoms in total. The van der Waals surface area contributed by atoms with Crippen LogP contribution >= 0.6 is 23.7 Å². The van der Waals surface area contributed by atoms with Gasteiger partial charge in [0.05, 0.1) is 4.88 Å². The van der Waals surface area contributed by atoms with Gasteiger partial charge in [0.2, 0.25) is 5.91 Å². The number of hydrogen-bond acceptors (Lipinski definition) is 4. The second-order valence-electron chi connectivity index (χ2n) is 4.95. The Hall–Kier alpha value is -0.910. The molecule has 2 heterocycles. The van der Waals surface area contributed by atoms with Gasteiger partial charge in [0.15, 0.2) is 5.78 Å². The van der Waals surface area contributed by atoms with Crippen LogP contribution in [-0.2, 0) is 4.79 Å². The summed E-state index contributed by atoms with van der Waals surface area (Å²) in [5.41, 5.74) is 0. The molecule has 0 saturated carbocycles. The van der Waals surface area contributed by atoms with Gasteiger partial charge in [0.1, 0.15) is 0 Å². The number of carbonyl (C=O) groups excluding carboxylic acids is 2. The molecule has 0 aromatic carbocycles. The Labute approximate surface area is 130 Å². The average Bonchev–Trinajstić information content (AvgIpc) is 3.06. The molecular weight excluding hydrogens is 296 g/mol. The molecule has 6 heteroatoms. The van der Waals surface area contributed by atoms with Gasteiger partial charge in [0.25, 0.3) is 0 Å². The summed E-state index contributed by atoms with van der Waals surface area (Å²) in [6, 6.07) is 3.68. The van der Waals surface area contributed by atoms with Crippen LogP contribution in [0.2, 0.25) is 0 Å². The van der Waals surface area contributed by atoms with Gasteiger partial charge in [-0.3, -0.25) is 9.59 Å². The van der Waals surface area contributed by atoms with Crippen molar-refractivity contribution in [3.05, 3.63) is 22.4 Å². The molecule has 1 unspecified atom stereocenters. The van der Waals surface area contributed by atoms with E-state index >= 15 is 0 Å². The maximum atomic E-state index is 12.0. The quantitative estimate of drug-likeness (QED) is 0.819. The standard InChI is InChI=1S/C14H20N2O2S.ClH/c1-15-9-11-6-7-16(10-11)14(18)5-4-12(17)13-3-2-8-19-13;/h2-3,8,11,15H,4-7,9-10H2,1H3;1H. The molecule has 1 aromatic heterocycles. The lowest BCUT2D eigenvalue weighted by Gasteiger charge is -2.16. The maximum Gasteiger partial charge on any atom is 0.223 e. The Morgan fingerprint density at radius 2 is 2.25 bits per heavy atom. The molecule has 1 fully saturated rings. The smallest absolute Gasteiger partial charge is 0.223 e. The van der Waals surface area contributed by atoms with Gasteiger partial charge >= 0.3 is 0 Å². The monoisotopic (exact) mass is 316 g/mol. The van der Waals surface area contributed by atoms with E-state index in [9.17, 15) is 9.59 Å². The first-order valence-corrected chi connectivity index (χ1v) is 7.57. The van der Waals surface area contributed by atoms with Crippen molar-refractivity contribution in [3.63, 3.8) is 0 Å². The summed E-state index contributed by atoms with van der Waals surface area (Å²) in [6.45, 7) is 2.61. The van der Waals surface area contributed by atoms with Crippen LogP contribution in [-0.4, -0.2) is 43.3 Å². The van der Waals surface area contributed by atoms with E-state index in [-0.39, 0.29) is 24.1 Å². The summed E-state index contributed by atoms with van der Waals surface area (Å²) in [5.74, 6) is 0.750. The molecule has 0 aliphatic carbocycles. The Morgan fingerprint density at radius 1 is 1.45 bits per heavy atom. The molecule has 112 valence electrons. The third-order valence-electron chi connectivity index (χ3n) is 3.49. The third kappa shape index (κ3) is 4.58. The molecule has 1 N–H and O–H groups in total. The number of rotatable bonds is 6. The molecule has 1 atom stereocenters. The van der Waals surface area contributed by atoms with Gasteiger partial charge in [0, 0.05) is 25.9 Å². The van der Waals surface area contributed by atoms with E-state index in [1.54, 1.807) is 0 Å². The lowest BCUT2D eigenvalue weighted by Crippen LogP contribution is -2.30. The molecule has 20 heavy (non-hydrogen) atoms. The Balaban J connectivity index is 0.00000200. The normalized spacial score (nSPS) is 17.9. The Bertz CT molecular complexity index is 436. The summed E-state index contributed by atoms with van der Waals surface area (Å²) in [4.78, 5) is 26.5. The van der Waals surface area contributed by atoms with Crippen LogP contribution < -0.4 is 5.32 Å². The summed E-state index contributed by atoms with van der Waals surface area (Å²) in [5, 5.41) is 5.03. The highest BCUT2D eigenvalue weighted by Gasteiger charge is 2.25. The van der Waals surface area contributed by atoms with Crippen LogP contribution in [0.4, 0.5) is 0 Å². The van der Waals surface area contributed by atoms with Gasteiger partial charge in [-0.25, -0.2) is 0 Å². The van der Waals surface area contributed by atoms with Gasteiger partial charge in [-0.2, -0.15) is 0 Å². The number of hydrogen-bond donors (Lipinski definition) is 1. The van der Waals surface area contributed by atoms with Crippen molar-refractivity contribution in [1.82, 2.24) is 10.2 Å². The highest BCUT2D eigenvalue weighted by atomic mass is 35.5. The zero-order valence-electron chi connectivity index (χ0n) is 11.6. The van der Waals surface area contributed by atoms with Gasteiger partial charge in [-0.1, -0.05) is 6.07 Å². The van der Waals surface area contributed by atoms with Crippen LogP contribution in [0.1, 0.15) is 28.9 Å². The van der Waals surface area contributed by atoms with Crippen molar-refractivity contribution in [3.8, 4) is 0 Å². The molecule has 0 bridgehead atoms. The lowest BCUT2D eigenvalue weighted by molar-refractivity contribution is -0.130.